The normalized spacial score (nSPS) is 23.2. The van der Waals surface area contributed by atoms with Crippen LogP contribution >= 0.6 is 0 Å². The van der Waals surface area contributed by atoms with Gasteiger partial charge in [-0.2, -0.15) is 5.10 Å². The molecule has 2 atom stereocenters. The van der Waals surface area contributed by atoms with E-state index in [1.54, 1.807) is 15.8 Å². The topological polar surface area (TPSA) is 64.4 Å². The molecule has 1 amide bonds. The Morgan fingerprint density at radius 3 is 2.55 bits per heavy atom. The minimum absolute atomic E-state index is 0.0262. The molecule has 2 rings (SSSR count). The average molecular weight is 279 g/mol. The summed E-state index contributed by atoms with van der Waals surface area (Å²) in [7, 11) is 3.17. The van der Waals surface area contributed by atoms with E-state index in [-0.39, 0.29) is 29.9 Å². The first-order valence-corrected chi connectivity index (χ1v) is 6.64. The van der Waals surface area contributed by atoms with Crippen LogP contribution in [-0.2, 0) is 21.4 Å². The maximum Gasteiger partial charge on any atom is 0.311 e. The molecule has 110 valence electrons. The monoisotopic (exact) mass is 279 g/mol. The lowest BCUT2D eigenvalue weighted by molar-refractivity contribution is -0.146. The Bertz CT molecular complexity index is 530. The van der Waals surface area contributed by atoms with Gasteiger partial charge in [-0.3, -0.25) is 14.3 Å². The third-order valence-corrected chi connectivity index (χ3v) is 3.62. The predicted octanol–water partition coefficient (Wildman–Crippen LogP) is 1.28. The van der Waals surface area contributed by atoms with Crippen LogP contribution in [0.4, 0.5) is 0 Å². The van der Waals surface area contributed by atoms with Crippen LogP contribution in [-0.4, -0.2) is 39.2 Å². The molecule has 0 saturated carbocycles. The van der Waals surface area contributed by atoms with E-state index in [1.807, 2.05) is 34.0 Å². The number of aryl methyl sites for hydroxylation is 1. The number of esters is 1. The third-order valence-electron chi connectivity index (χ3n) is 3.62. The van der Waals surface area contributed by atoms with Crippen LogP contribution in [0.1, 0.15) is 38.8 Å². The van der Waals surface area contributed by atoms with Crippen molar-refractivity contribution in [2.45, 2.75) is 38.8 Å². The van der Waals surface area contributed by atoms with Crippen molar-refractivity contribution in [2.24, 2.45) is 13.0 Å². The van der Waals surface area contributed by atoms with Gasteiger partial charge in [-0.1, -0.05) is 0 Å². The highest BCUT2D eigenvalue weighted by Gasteiger charge is 2.49. The van der Waals surface area contributed by atoms with Gasteiger partial charge in [-0.15, -0.1) is 0 Å². The largest absolute Gasteiger partial charge is 0.469 e. The zero-order valence-corrected chi connectivity index (χ0v) is 12.6. The van der Waals surface area contributed by atoms with E-state index in [4.69, 9.17) is 4.74 Å². The van der Waals surface area contributed by atoms with Crippen LogP contribution in [0, 0.1) is 5.92 Å². The summed E-state index contributed by atoms with van der Waals surface area (Å²) in [6.07, 6.45) is 3.74. The van der Waals surface area contributed by atoms with E-state index < -0.39 is 5.92 Å². The zero-order valence-electron chi connectivity index (χ0n) is 12.6. The van der Waals surface area contributed by atoms with E-state index in [9.17, 15) is 9.59 Å². The van der Waals surface area contributed by atoms with Crippen molar-refractivity contribution in [1.82, 2.24) is 14.7 Å². The summed E-state index contributed by atoms with van der Waals surface area (Å²) in [5, 5.41) is 4.15. The van der Waals surface area contributed by atoms with Crippen LogP contribution in [0.3, 0.4) is 0 Å². The molecule has 0 unspecified atom stereocenters. The first-order chi connectivity index (χ1) is 9.25. The number of hydrogen-bond acceptors (Lipinski definition) is 4. The highest BCUT2D eigenvalue weighted by Crippen LogP contribution is 2.42. The first kappa shape index (κ1) is 14.6. The second kappa shape index (κ2) is 4.92. The number of carbonyl (C=O) groups excluding carboxylic acids is 2. The van der Waals surface area contributed by atoms with Gasteiger partial charge in [0.25, 0.3) is 0 Å². The summed E-state index contributed by atoms with van der Waals surface area (Å²) in [4.78, 5) is 26.1. The predicted molar refractivity (Wildman–Crippen MR) is 72.7 cm³/mol. The first-order valence-electron chi connectivity index (χ1n) is 6.64. The van der Waals surface area contributed by atoms with Gasteiger partial charge in [0.1, 0.15) is 0 Å². The van der Waals surface area contributed by atoms with E-state index in [0.29, 0.717) is 0 Å². The van der Waals surface area contributed by atoms with Crippen LogP contribution < -0.4 is 0 Å². The number of hydrogen-bond donors (Lipinski definition) is 0. The molecular weight excluding hydrogens is 258 g/mol. The van der Waals surface area contributed by atoms with Gasteiger partial charge in [-0.25, -0.2) is 0 Å². The number of nitrogens with zero attached hydrogens (tertiary/aromatic N) is 3. The Kier molecular flexibility index (Phi) is 3.58. The van der Waals surface area contributed by atoms with Gasteiger partial charge in [0.15, 0.2) is 0 Å². The smallest absolute Gasteiger partial charge is 0.311 e. The Balaban J connectivity index is 2.46. The summed E-state index contributed by atoms with van der Waals surface area (Å²) in [6.45, 7) is 5.90. The van der Waals surface area contributed by atoms with E-state index in [2.05, 4.69) is 5.10 Å². The fraction of sp³-hybridized carbons (Fsp3) is 0.643. The van der Waals surface area contributed by atoms with Crippen LogP contribution in [0.2, 0.25) is 0 Å². The molecule has 20 heavy (non-hydrogen) atoms. The number of rotatable bonds is 2. The van der Waals surface area contributed by atoms with Gasteiger partial charge in [-0.05, 0) is 20.8 Å². The molecule has 1 aliphatic rings. The average Bonchev–Trinajstić information content (AvgIpc) is 2.90. The van der Waals surface area contributed by atoms with Crippen LogP contribution in [0.5, 0.6) is 0 Å². The summed E-state index contributed by atoms with van der Waals surface area (Å²) in [5.74, 6) is -0.850. The van der Waals surface area contributed by atoms with E-state index >= 15 is 0 Å². The molecule has 1 aliphatic heterocycles. The van der Waals surface area contributed by atoms with Crippen molar-refractivity contribution in [3.63, 3.8) is 0 Å². The fourth-order valence-corrected chi connectivity index (χ4v) is 2.86. The molecule has 6 heteroatoms. The highest BCUT2D eigenvalue weighted by molar-refractivity contribution is 5.88. The zero-order chi connectivity index (χ0) is 15.1. The van der Waals surface area contributed by atoms with Gasteiger partial charge >= 0.3 is 5.97 Å². The number of aromatic nitrogens is 2. The quantitative estimate of drug-likeness (QED) is 0.765. The van der Waals surface area contributed by atoms with Crippen LogP contribution in [0.25, 0.3) is 0 Å². The molecule has 0 bridgehead atoms. The molecule has 0 spiro atoms. The molecule has 1 fully saturated rings. The SMILES string of the molecule is COC(=O)[C@H]1CC(=O)N(C(C)(C)C)[C@H]1c1cnn(C)c1. The lowest BCUT2D eigenvalue weighted by Gasteiger charge is -2.37. The highest BCUT2D eigenvalue weighted by atomic mass is 16.5. The van der Waals surface area contributed by atoms with E-state index in [1.165, 1.54) is 7.11 Å². The molecule has 1 saturated heterocycles. The van der Waals surface area contributed by atoms with Crippen molar-refractivity contribution >= 4 is 11.9 Å². The lowest BCUT2D eigenvalue weighted by Crippen LogP contribution is -2.44. The van der Waals surface area contributed by atoms with Crippen molar-refractivity contribution in [2.75, 3.05) is 7.11 Å². The van der Waals surface area contributed by atoms with Crippen LogP contribution in [0.15, 0.2) is 12.4 Å². The van der Waals surface area contributed by atoms with Gasteiger partial charge in [0, 0.05) is 30.8 Å². The molecule has 0 radical (unpaired) electrons. The van der Waals surface area contributed by atoms with Crippen molar-refractivity contribution in [1.29, 1.82) is 0 Å². The molecule has 0 N–H and O–H groups in total. The minimum Gasteiger partial charge on any atom is -0.469 e. The standard InChI is InChI=1S/C14H21N3O3/c1-14(2,3)17-11(18)6-10(13(19)20-5)12(17)9-7-15-16(4)8-9/h7-8,10,12H,6H2,1-5H3/t10-,12-/m0/s1. The maximum absolute atomic E-state index is 12.3. The number of methoxy groups -OCH3 is 1. The number of likely N-dealkylation sites (tertiary alicyclic amines) is 1. The third kappa shape index (κ3) is 2.42. The van der Waals surface area contributed by atoms with Crippen molar-refractivity contribution < 1.29 is 14.3 Å². The fourth-order valence-electron chi connectivity index (χ4n) is 2.86. The Labute approximate surface area is 118 Å². The van der Waals surface area contributed by atoms with Crippen molar-refractivity contribution in [3.05, 3.63) is 18.0 Å². The molecule has 1 aromatic heterocycles. The summed E-state index contributed by atoms with van der Waals surface area (Å²) < 4.78 is 6.53. The molecule has 0 aromatic carbocycles. The Morgan fingerprint density at radius 1 is 1.45 bits per heavy atom. The second-order valence-electron chi connectivity index (χ2n) is 6.16. The molecule has 1 aromatic rings. The molecule has 6 nitrogen and oxygen atoms in total. The number of carbonyl (C=O) groups is 2. The van der Waals surface area contributed by atoms with Gasteiger partial charge < -0.3 is 9.64 Å². The summed E-state index contributed by atoms with van der Waals surface area (Å²) in [6, 6.07) is -0.316. The Morgan fingerprint density at radius 2 is 2.10 bits per heavy atom. The van der Waals surface area contributed by atoms with E-state index in [0.717, 1.165) is 5.56 Å². The number of amides is 1. The van der Waals surface area contributed by atoms with Gasteiger partial charge in [0.05, 0.1) is 25.3 Å². The molecule has 2 heterocycles. The maximum atomic E-state index is 12.3. The molecular formula is C14H21N3O3. The van der Waals surface area contributed by atoms with Crippen molar-refractivity contribution in [3.8, 4) is 0 Å². The Hall–Kier alpha value is -1.85. The number of ether oxygens (including phenoxy) is 1. The molecule has 0 aliphatic carbocycles. The summed E-state index contributed by atoms with van der Waals surface area (Å²) >= 11 is 0. The summed E-state index contributed by atoms with van der Waals surface area (Å²) in [5.41, 5.74) is 0.504. The second-order valence-corrected chi connectivity index (χ2v) is 6.16. The van der Waals surface area contributed by atoms with Gasteiger partial charge in [0.2, 0.25) is 5.91 Å². The lowest BCUT2D eigenvalue weighted by atomic mass is 9.93. The minimum atomic E-state index is -0.476.